The lowest BCUT2D eigenvalue weighted by Gasteiger charge is -2.32. The molecule has 2 nitrogen and oxygen atoms in total. The van der Waals surface area contributed by atoms with Crippen molar-refractivity contribution in [2.24, 2.45) is 11.8 Å². The van der Waals surface area contributed by atoms with E-state index in [9.17, 15) is 4.79 Å². The Morgan fingerprint density at radius 3 is 2.35 bits per heavy atom. The summed E-state index contributed by atoms with van der Waals surface area (Å²) in [6.07, 6.45) is 4.87. The van der Waals surface area contributed by atoms with Crippen LogP contribution in [0.3, 0.4) is 0 Å². The molecule has 0 spiro atoms. The molecule has 0 aromatic carbocycles. The highest BCUT2D eigenvalue weighted by Crippen LogP contribution is 2.30. The Hall–Kier alpha value is -0.790. The van der Waals surface area contributed by atoms with E-state index in [0.717, 1.165) is 35.8 Å². The predicted octanol–water partition coefficient (Wildman–Crippen LogP) is 3.67. The van der Waals surface area contributed by atoms with Gasteiger partial charge in [-0.15, -0.1) is 0 Å². The van der Waals surface area contributed by atoms with Gasteiger partial charge in [-0.25, -0.2) is 0 Å². The number of hydrogen-bond acceptors (Lipinski definition) is 1. The van der Waals surface area contributed by atoms with Gasteiger partial charge in [0.05, 0.1) is 0 Å². The van der Waals surface area contributed by atoms with E-state index in [4.69, 9.17) is 0 Å². The summed E-state index contributed by atoms with van der Waals surface area (Å²) in [5.41, 5.74) is 1.98. The molecular weight excluding hydrogens is 210 g/mol. The second-order valence-corrected chi connectivity index (χ2v) is 5.97. The first-order chi connectivity index (χ1) is 7.91. The molecule has 0 heterocycles. The normalized spacial score (nSPS) is 24.6. The van der Waals surface area contributed by atoms with E-state index in [1.807, 2.05) is 20.8 Å². The van der Waals surface area contributed by atoms with Crippen LogP contribution in [0.2, 0.25) is 0 Å². The maximum atomic E-state index is 12.0. The third-order valence-electron chi connectivity index (χ3n) is 4.08. The molecule has 2 heteroatoms. The predicted molar refractivity (Wildman–Crippen MR) is 72.8 cm³/mol. The monoisotopic (exact) mass is 237 g/mol. The molecule has 98 valence electrons. The molecule has 2 atom stereocenters. The summed E-state index contributed by atoms with van der Waals surface area (Å²) in [7, 11) is 0. The molecule has 2 unspecified atom stereocenters. The maximum Gasteiger partial charge on any atom is 0.247 e. The van der Waals surface area contributed by atoms with Crippen molar-refractivity contribution in [1.82, 2.24) is 5.32 Å². The van der Waals surface area contributed by atoms with Gasteiger partial charge in [0.15, 0.2) is 0 Å². The smallest absolute Gasteiger partial charge is 0.247 e. The molecule has 1 N–H and O–H groups in total. The summed E-state index contributed by atoms with van der Waals surface area (Å²) in [5.74, 6) is 1.64. The summed E-state index contributed by atoms with van der Waals surface area (Å²) in [6.45, 7) is 10.5. The molecule has 0 radical (unpaired) electrons. The minimum absolute atomic E-state index is 0.124. The van der Waals surface area contributed by atoms with Gasteiger partial charge in [0.2, 0.25) is 5.91 Å². The standard InChI is InChI=1S/C15H27NO/c1-10(2)12(5)15(17)16-14-8-6-7-13(9-14)11(3)4/h11,13-14H,6-9H2,1-5H3,(H,16,17). The minimum Gasteiger partial charge on any atom is -0.350 e. The van der Waals surface area contributed by atoms with Crippen molar-refractivity contribution >= 4 is 5.91 Å². The van der Waals surface area contributed by atoms with Gasteiger partial charge in [-0.2, -0.15) is 0 Å². The zero-order valence-corrected chi connectivity index (χ0v) is 12.0. The Kier molecular flexibility index (Phi) is 5.23. The Balaban J connectivity index is 2.52. The van der Waals surface area contributed by atoms with Crippen LogP contribution < -0.4 is 5.32 Å². The van der Waals surface area contributed by atoms with Crippen molar-refractivity contribution in [3.05, 3.63) is 11.1 Å². The van der Waals surface area contributed by atoms with Crippen molar-refractivity contribution in [2.75, 3.05) is 0 Å². The molecule has 1 saturated carbocycles. The maximum absolute atomic E-state index is 12.0. The van der Waals surface area contributed by atoms with E-state index in [1.165, 1.54) is 12.8 Å². The van der Waals surface area contributed by atoms with Gasteiger partial charge in [-0.05, 0) is 45.4 Å². The fourth-order valence-electron chi connectivity index (χ4n) is 2.48. The molecule has 1 aliphatic carbocycles. The summed E-state index contributed by atoms with van der Waals surface area (Å²) < 4.78 is 0. The third-order valence-corrected chi connectivity index (χ3v) is 4.08. The topological polar surface area (TPSA) is 29.1 Å². The molecule has 1 aliphatic rings. The van der Waals surface area contributed by atoms with Crippen molar-refractivity contribution in [2.45, 2.75) is 66.3 Å². The van der Waals surface area contributed by atoms with Gasteiger partial charge in [-0.3, -0.25) is 4.79 Å². The minimum atomic E-state index is 0.124. The van der Waals surface area contributed by atoms with Gasteiger partial charge in [0, 0.05) is 11.6 Å². The Morgan fingerprint density at radius 2 is 1.82 bits per heavy atom. The second kappa shape index (κ2) is 6.23. The molecule has 0 aromatic rings. The first-order valence-electron chi connectivity index (χ1n) is 6.86. The Labute approximate surface area is 106 Å². The molecule has 0 saturated heterocycles. The van der Waals surface area contributed by atoms with Crippen LogP contribution in [0.15, 0.2) is 11.1 Å². The third kappa shape index (κ3) is 4.18. The highest BCUT2D eigenvalue weighted by atomic mass is 16.1. The highest BCUT2D eigenvalue weighted by Gasteiger charge is 2.25. The summed E-state index contributed by atoms with van der Waals surface area (Å²) in [5, 5.41) is 3.19. The summed E-state index contributed by atoms with van der Waals surface area (Å²) >= 11 is 0. The lowest BCUT2D eigenvalue weighted by Crippen LogP contribution is -2.39. The van der Waals surface area contributed by atoms with Gasteiger partial charge in [0.1, 0.15) is 0 Å². The van der Waals surface area contributed by atoms with Crippen LogP contribution in [0.25, 0.3) is 0 Å². The van der Waals surface area contributed by atoms with Crippen molar-refractivity contribution in [3.63, 3.8) is 0 Å². The molecule has 17 heavy (non-hydrogen) atoms. The van der Waals surface area contributed by atoms with Crippen LogP contribution >= 0.6 is 0 Å². The molecule has 0 bridgehead atoms. The second-order valence-electron chi connectivity index (χ2n) is 5.97. The molecule has 0 aliphatic heterocycles. The number of nitrogens with one attached hydrogen (secondary N) is 1. The number of rotatable bonds is 3. The fraction of sp³-hybridized carbons (Fsp3) is 0.800. The fourth-order valence-corrected chi connectivity index (χ4v) is 2.48. The largest absolute Gasteiger partial charge is 0.350 e. The van der Waals surface area contributed by atoms with Crippen molar-refractivity contribution in [1.29, 1.82) is 0 Å². The van der Waals surface area contributed by atoms with E-state index >= 15 is 0 Å². The number of hydrogen-bond donors (Lipinski definition) is 1. The molecule has 0 aromatic heterocycles. The number of amides is 1. The van der Waals surface area contributed by atoms with Gasteiger partial charge in [0.25, 0.3) is 0 Å². The van der Waals surface area contributed by atoms with E-state index in [2.05, 4.69) is 19.2 Å². The zero-order chi connectivity index (χ0) is 13.0. The van der Waals surface area contributed by atoms with Crippen LogP contribution in [-0.4, -0.2) is 11.9 Å². The first-order valence-corrected chi connectivity index (χ1v) is 6.86. The zero-order valence-electron chi connectivity index (χ0n) is 12.0. The summed E-state index contributed by atoms with van der Waals surface area (Å²) in [4.78, 5) is 12.0. The van der Waals surface area contributed by atoms with E-state index in [0.29, 0.717) is 6.04 Å². The quantitative estimate of drug-likeness (QED) is 0.745. The Morgan fingerprint density at radius 1 is 1.18 bits per heavy atom. The lowest BCUT2D eigenvalue weighted by atomic mass is 9.79. The van der Waals surface area contributed by atoms with Crippen molar-refractivity contribution < 1.29 is 4.79 Å². The summed E-state index contributed by atoms with van der Waals surface area (Å²) in [6, 6.07) is 0.387. The lowest BCUT2D eigenvalue weighted by molar-refractivity contribution is -0.118. The number of allylic oxidation sites excluding steroid dienone is 1. The average molecular weight is 237 g/mol. The van der Waals surface area contributed by atoms with Crippen molar-refractivity contribution in [3.8, 4) is 0 Å². The van der Waals surface area contributed by atoms with Gasteiger partial charge in [-0.1, -0.05) is 32.3 Å². The van der Waals surface area contributed by atoms with Crippen LogP contribution in [0, 0.1) is 11.8 Å². The number of carbonyl (C=O) groups is 1. The first kappa shape index (κ1) is 14.3. The van der Waals surface area contributed by atoms with Crippen LogP contribution in [0.5, 0.6) is 0 Å². The SMILES string of the molecule is CC(C)=C(C)C(=O)NC1CCCC(C(C)C)C1. The van der Waals surface area contributed by atoms with E-state index in [1.54, 1.807) is 0 Å². The average Bonchev–Trinajstić information content (AvgIpc) is 2.28. The van der Waals surface area contributed by atoms with E-state index in [-0.39, 0.29) is 5.91 Å². The molecular formula is C15H27NO. The molecule has 1 amide bonds. The number of carbonyl (C=O) groups excluding carboxylic acids is 1. The molecule has 1 rings (SSSR count). The van der Waals surface area contributed by atoms with Gasteiger partial charge < -0.3 is 5.32 Å². The van der Waals surface area contributed by atoms with Gasteiger partial charge >= 0.3 is 0 Å². The highest BCUT2D eigenvalue weighted by molar-refractivity contribution is 5.93. The van der Waals surface area contributed by atoms with Crippen LogP contribution in [0.1, 0.15) is 60.3 Å². The Bertz CT molecular complexity index is 300. The molecule has 1 fully saturated rings. The van der Waals surface area contributed by atoms with Crippen LogP contribution in [-0.2, 0) is 4.79 Å². The van der Waals surface area contributed by atoms with Crippen LogP contribution in [0.4, 0.5) is 0 Å². The van der Waals surface area contributed by atoms with E-state index < -0.39 is 0 Å².